The fraction of sp³-hybridized carbons (Fsp3) is 0.786. The number of rotatable bonds is 5. The van der Waals surface area contributed by atoms with E-state index in [-0.39, 0.29) is 0 Å². The van der Waals surface area contributed by atoms with Gasteiger partial charge in [0.1, 0.15) is 6.29 Å². The van der Waals surface area contributed by atoms with Crippen molar-refractivity contribution in [3.63, 3.8) is 0 Å². The summed E-state index contributed by atoms with van der Waals surface area (Å²) in [5.41, 5.74) is 1.64. The molecule has 0 saturated carbocycles. The van der Waals surface area contributed by atoms with Crippen LogP contribution >= 0.6 is 0 Å². The smallest absolute Gasteiger partial charge is 0.120 e. The second-order valence-corrected chi connectivity index (χ2v) is 5.32. The van der Waals surface area contributed by atoms with E-state index < -0.39 is 0 Å². The van der Waals surface area contributed by atoms with Gasteiger partial charge in [-0.05, 0) is 43.4 Å². The lowest BCUT2D eigenvalue weighted by Gasteiger charge is -2.28. The van der Waals surface area contributed by atoms with E-state index in [1.165, 1.54) is 19.3 Å². The molecule has 0 aromatic heterocycles. The first-order valence-corrected chi connectivity index (χ1v) is 6.26. The molecule has 0 aromatic rings. The molecular weight excluding hydrogens is 184 g/mol. The maximum absolute atomic E-state index is 10.3. The summed E-state index contributed by atoms with van der Waals surface area (Å²) in [6.45, 7) is 6.86. The Morgan fingerprint density at radius 3 is 2.80 bits per heavy atom. The van der Waals surface area contributed by atoms with Gasteiger partial charge < -0.3 is 4.79 Å². The lowest BCUT2D eigenvalue weighted by molar-refractivity contribution is -0.108. The van der Waals surface area contributed by atoms with E-state index in [2.05, 4.69) is 26.8 Å². The topological polar surface area (TPSA) is 17.1 Å². The molecule has 86 valence electrons. The van der Waals surface area contributed by atoms with Crippen LogP contribution in [0.2, 0.25) is 0 Å². The lowest BCUT2D eigenvalue weighted by atomic mass is 9.78. The summed E-state index contributed by atoms with van der Waals surface area (Å²) in [5.74, 6) is 2.19. The quantitative estimate of drug-likeness (QED) is 0.493. The summed E-state index contributed by atoms with van der Waals surface area (Å²) in [4.78, 5) is 10.3. The number of hydrogen-bond donors (Lipinski definition) is 0. The van der Waals surface area contributed by atoms with Gasteiger partial charge in [0.25, 0.3) is 0 Å². The minimum atomic E-state index is 0.674. The molecule has 0 aliphatic heterocycles. The van der Waals surface area contributed by atoms with Gasteiger partial charge in [-0.25, -0.2) is 0 Å². The van der Waals surface area contributed by atoms with Crippen LogP contribution in [0.3, 0.4) is 0 Å². The highest BCUT2D eigenvalue weighted by Crippen LogP contribution is 2.33. The minimum Gasteiger partial charge on any atom is -0.303 e. The molecule has 0 fully saturated rings. The Hall–Kier alpha value is -0.590. The first kappa shape index (κ1) is 12.5. The monoisotopic (exact) mass is 208 g/mol. The van der Waals surface area contributed by atoms with E-state index in [9.17, 15) is 4.79 Å². The lowest BCUT2D eigenvalue weighted by Crippen LogP contribution is -2.16. The van der Waals surface area contributed by atoms with Crippen molar-refractivity contribution in [3.05, 3.63) is 11.6 Å². The number of carbonyl (C=O) groups excluding carboxylic acids is 1. The van der Waals surface area contributed by atoms with Crippen LogP contribution < -0.4 is 0 Å². The molecule has 0 spiro atoms. The number of hydrogen-bond acceptors (Lipinski definition) is 1. The molecule has 0 N–H and O–H groups in total. The van der Waals surface area contributed by atoms with Gasteiger partial charge >= 0.3 is 0 Å². The molecule has 0 aromatic carbocycles. The fourth-order valence-corrected chi connectivity index (χ4v) is 2.61. The van der Waals surface area contributed by atoms with Crippen LogP contribution in [0, 0.1) is 17.8 Å². The molecule has 1 heteroatoms. The van der Waals surface area contributed by atoms with Crippen molar-refractivity contribution in [3.8, 4) is 0 Å². The van der Waals surface area contributed by atoms with Crippen molar-refractivity contribution in [1.29, 1.82) is 0 Å². The van der Waals surface area contributed by atoms with Crippen molar-refractivity contribution >= 4 is 6.29 Å². The van der Waals surface area contributed by atoms with Gasteiger partial charge in [0, 0.05) is 6.42 Å². The maximum Gasteiger partial charge on any atom is 0.120 e. The van der Waals surface area contributed by atoms with Gasteiger partial charge in [0.2, 0.25) is 0 Å². The number of aldehydes is 1. The molecule has 1 unspecified atom stereocenters. The molecule has 0 radical (unpaired) electrons. The van der Waals surface area contributed by atoms with Crippen LogP contribution in [0.15, 0.2) is 11.6 Å². The third kappa shape index (κ3) is 4.19. The maximum atomic E-state index is 10.3. The average molecular weight is 208 g/mol. The fourth-order valence-electron chi connectivity index (χ4n) is 2.61. The first-order chi connectivity index (χ1) is 7.13. The minimum absolute atomic E-state index is 0.674. The van der Waals surface area contributed by atoms with E-state index in [1.807, 2.05) is 0 Å². The third-order valence-electron chi connectivity index (χ3n) is 3.40. The van der Waals surface area contributed by atoms with Gasteiger partial charge in [-0.3, -0.25) is 0 Å². The third-order valence-corrected chi connectivity index (χ3v) is 3.40. The van der Waals surface area contributed by atoms with Gasteiger partial charge in [-0.15, -0.1) is 0 Å². The van der Waals surface area contributed by atoms with Gasteiger partial charge in [-0.1, -0.05) is 32.4 Å². The molecule has 1 aliphatic rings. The summed E-state index contributed by atoms with van der Waals surface area (Å²) >= 11 is 0. The summed E-state index contributed by atoms with van der Waals surface area (Å²) in [6.07, 6.45) is 9.13. The van der Waals surface area contributed by atoms with Gasteiger partial charge in [0.15, 0.2) is 0 Å². The Kier molecular flexibility index (Phi) is 5.07. The van der Waals surface area contributed by atoms with E-state index in [0.717, 1.165) is 31.0 Å². The average Bonchev–Trinajstić information content (AvgIpc) is 2.15. The van der Waals surface area contributed by atoms with Crippen molar-refractivity contribution in [2.24, 2.45) is 17.8 Å². The van der Waals surface area contributed by atoms with Crippen LogP contribution in [-0.4, -0.2) is 6.29 Å². The molecule has 0 saturated heterocycles. The zero-order valence-electron chi connectivity index (χ0n) is 10.3. The Bertz CT molecular complexity index is 227. The molecule has 0 bridgehead atoms. The Morgan fingerprint density at radius 1 is 1.53 bits per heavy atom. The molecule has 0 amide bonds. The van der Waals surface area contributed by atoms with Crippen LogP contribution in [0.5, 0.6) is 0 Å². The van der Waals surface area contributed by atoms with Gasteiger partial charge in [0.05, 0.1) is 0 Å². The molecule has 1 nitrogen and oxygen atoms in total. The van der Waals surface area contributed by atoms with Crippen LogP contribution in [0.1, 0.15) is 52.9 Å². The summed E-state index contributed by atoms with van der Waals surface area (Å²) in [6, 6.07) is 0. The van der Waals surface area contributed by atoms with Crippen molar-refractivity contribution in [1.82, 2.24) is 0 Å². The highest BCUT2D eigenvalue weighted by Gasteiger charge is 2.20. The van der Waals surface area contributed by atoms with E-state index >= 15 is 0 Å². The highest BCUT2D eigenvalue weighted by molar-refractivity contribution is 5.49. The van der Waals surface area contributed by atoms with E-state index in [4.69, 9.17) is 0 Å². The molecule has 1 aliphatic carbocycles. The Balaban J connectivity index is 2.45. The van der Waals surface area contributed by atoms with E-state index in [0.29, 0.717) is 5.92 Å². The highest BCUT2D eigenvalue weighted by atomic mass is 16.1. The molecule has 15 heavy (non-hydrogen) atoms. The molecule has 2 atom stereocenters. The van der Waals surface area contributed by atoms with Crippen molar-refractivity contribution in [2.75, 3.05) is 0 Å². The summed E-state index contributed by atoms with van der Waals surface area (Å²) in [5, 5.41) is 0. The van der Waals surface area contributed by atoms with Crippen molar-refractivity contribution in [2.45, 2.75) is 52.9 Å². The molecular formula is C14H24O. The summed E-state index contributed by atoms with van der Waals surface area (Å²) in [7, 11) is 0. The largest absolute Gasteiger partial charge is 0.303 e. The second kappa shape index (κ2) is 6.09. The predicted molar refractivity (Wildman–Crippen MR) is 64.7 cm³/mol. The molecule has 0 heterocycles. The number of allylic oxidation sites excluding steroid dienone is 2. The standard InChI is InChI=1S/C14H24O/c1-11(2)9-13-6-7-14(5-4-8-15)12(3)10-13/h8,10-12,14H,4-7,9H2,1-3H3/t12-,14?/m1/s1. The molecule has 1 rings (SSSR count). The zero-order chi connectivity index (χ0) is 11.3. The number of carbonyl (C=O) groups is 1. The normalized spacial score (nSPS) is 26.5. The van der Waals surface area contributed by atoms with Crippen LogP contribution in [0.25, 0.3) is 0 Å². The predicted octanol–water partition coefficient (Wildman–Crippen LogP) is 3.98. The SMILES string of the molecule is CC(C)CC1=C[C@@H](C)C(CCC=O)CC1. The zero-order valence-corrected chi connectivity index (χ0v) is 10.3. The first-order valence-electron chi connectivity index (χ1n) is 6.26. The van der Waals surface area contributed by atoms with Gasteiger partial charge in [-0.2, -0.15) is 0 Å². The van der Waals surface area contributed by atoms with Crippen LogP contribution in [-0.2, 0) is 4.79 Å². The van der Waals surface area contributed by atoms with E-state index in [1.54, 1.807) is 5.57 Å². The Morgan fingerprint density at radius 2 is 2.27 bits per heavy atom. The van der Waals surface area contributed by atoms with Crippen LogP contribution in [0.4, 0.5) is 0 Å². The Labute approximate surface area is 93.9 Å². The van der Waals surface area contributed by atoms with Crippen molar-refractivity contribution < 1.29 is 4.79 Å². The summed E-state index contributed by atoms with van der Waals surface area (Å²) < 4.78 is 0. The second-order valence-electron chi connectivity index (χ2n) is 5.32.